The zero-order valence-electron chi connectivity index (χ0n) is 11.6. The molecule has 1 fully saturated rings. The Kier molecular flexibility index (Phi) is 4.33. The van der Waals surface area contributed by atoms with Crippen molar-refractivity contribution in [3.05, 3.63) is 16.9 Å². The maximum atomic E-state index is 6.37. The Morgan fingerprint density at radius 3 is 2.83 bits per heavy atom. The molecule has 3 atom stereocenters. The molecular weight excluding hydrogens is 246 g/mol. The van der Waals surface area contributed by atoms with Gasteiger partial charge in [-0.05, 0) is 45.1 Å². The topological polar surface area (TPSA) is 43.8 Å². The van der Waals surface area contributed by atoms with Crippen molar-refractivity contribution >= 4 is 11.6 Å². The summed E-state index contributed by atoms with van der Waals surface area (Å²) >= 11 is 6.37. The van der Waals surface area contributed by atoms with Crippen molar-refractivity contribution < 1.29 is 0 Å². The average Bonchev–Trinajstić information content (AvgIpc) is 2.71. The number of hydrogen-bond donors (Lipinski definition) is 1. The molecule has 0 spiro atoms. The minimum atomic E-state index is 0.350. The number of rotatable bonds is 3. The van der Waals surface area contributed by atoms with Crippen LogP contribution in [0.1, 0.15) is 57.7 Å². The van der Waals surface area contributed by atoms with Crippen LogP contribution in [-0.2, 0) is 0 Å². The quantitative estimate of drug-likeness (QED) is 0.911. The predicted octanol–water partition coefficient (Wildman–Crippen LogP) is 3.60. The normalized spacial score (nSPS) is 28.9. The van der Waals surface area contributed by atoms with Crippen molar-refractivity contribution in [3.63, 3.8) is 0 Å². The lowest BCUT2D eigenvalue weighted by molar-refractivity contribution is 0.241. The summed E-state index contributed by atoms with van der Waals surface area (Å²) in [5.74, 6) is 1.77. The number of nitrogens with two attached hydrogens (primary N) is 1. The van der Waals surface area contributed by atoms with E-state index >= 15 is 0 Å². The van der Waals surface area contributed by atoms with Gasteiger partial charge >= 0.3 is 0 Å². The van der Waals surface area contributed by atoms with E-state index in [-0.39, 0.29) is 0 Å². The Morgan fingerprint density at radius 1 is 1.50 bits per heavy atom. The van der Waals surface area contributed by atoms with Crippen LogP contribution in [0.2, 0.25) is 5.02 Å². The van der Waals surface area contributed by atoms with Gasteiger partial charge in [0.25, 0.3) is 0 Å². The van der Waals surface area contributed by atoms with Crippen molar-refractivity contribution in [1.82, 2.24) is 9.78 Å². The number of nitrogens with zero attached hydrogens (tertiary/aromatic N) is 2. The molecule has 1 saturated carbocycles. The minimum absolute atomic E-state index is 0.350. The van der Waals surface area contributed by atoms with E-state index in [9.17, 15) is 0 Å². The maximum absolute atomic E-state index is 6.37. The molecule has 0 radical (unpaired) electrons. The molecule has 0 aromatic carbocycles. The highest BCUT2D eigenvalue weighted by atomic mass is 35.5. The van der Waals surface area contributed by atoms with Gasteiger partial charge in [0.2, 0.25) is 0 Å². The van der Waals surface area contributed by atoms with E-state index in [4.69, 9.17) is 17.3 Å². The molecule has 0 aliphatic heterocycles. The minimum Gasteiger partial charge on any atom is -0.330 e. The van der Waals surface area contributed by atoms with Crippen LogP contribution in [0.25, 0.3) is 0 Å². The van der Waals surface area contributed by atoms with Crippen LogP contribution in [-0.4, -0.2) is 16.3 Å². The van der Waals surface area contributed by atoms with Crippen LogP contribution in [0.3, 0.4) is 0 Å². The highest BCUT2D eigenvalue weighted by Gasteiger charge is 2.33. The Labute approximate surface area is 115 Å². The van der Waals surface area contributed by atoms with Crippen molar-refractivity contribution in [1.29, 1.82) is 0 Å². The third-order valence-corrected chi connectivity index (χ3v) is 4.48. The number of aromatic nitrogens is 2. The smallest absolute Gasteiger partial charge is 0.0820 e. The molecule has 3 nitrogen and oxygen atoms in total. The lowest BCUT2D eigenvalue weighted by atomic mass is 9.73. The molecule has 4 heteroatoms. The first-order valence-electron chi connectivity index (χ1n) is 6.97. The summed E-state index contributed by atoms with van der Waals surface area (Å²) < 4.78 is 2.08. The molecule has 1 aromatic heterocycles. The Hall–Kier alpha value is -0.540. The van der Waals surface area contributed by atoms with Crippen molar-refractivity contribution in [3.8, 4) is 0 Å². The van der Waals surface area contributed by atoms with E-state index in [2.05, 4.69) is 30.6 Å². The molecule has 2 N–H and O–H groups in total. The molecule has 0 bridgehead atoms. The van der Waals surface area contributed by atoms with Gasteiger partial charge in [0.15, 0.2) is 0 Å². The zero-order chi connectivity index (χ0) is 13.3. The van der Waals surface area contributed by atoms with Gasteiger partial charge < -0.3 is 5.73 Å². The van der Waals surface area contributed by atoms with E-state index in [0.717, 1.165) is 17.5 Å². The summed E-state index contributed by atoms with van der Waals surface area (Å²) in [5, 5.41) is 5.23. The number of halogens is 1. The largest absolute Gasteiger partial charge is 0.330 e. The fourth-order valence-electron chi connectivity index (χ4n) is 3.17. The van der Waals surface area contributed by atoms with Crippen molar-refractivity contribution in [2.24, 2.45) is 17.6 Å². The zero-order valence-corrected chi connectivity index (χ0v) is 12.3. The molecule has 1 heterocycles. The summed E-state index contributed by atoms with van der Waals surface area (Å²) in [7, 11) is 0. The van der Waals surface area contributed by atoms with Crippen LogP contribution in [0, 0.1) is 11.8 Å². The fraction of sp³-hybridized carbons (Fsp3) is 0.786. The first-order chi connectivity index (χ1) is 8.54. The van der Waals surface area contributed by atoms with E-state index in [1.54, 1.807) is 6.20 Å². The van der Waals surface area contributed by atoms with Gasteiger partial charge in [-0.2, -0.15) is 5.10 Å². The van der Waals surface area contributed by atoms with Crippen LogP contribution < -0.4 is 5.73 Å². The van der Waals surface area contributed by atoms with E-state index in [1.807, 2.05) is 0 Å². The second kappa shape index (κ2) is 5.62. The number of hydrogen-bond acceptors (Lipinski definition) is 2. The van der Waals surface area contributed by atoms with Gasteiger partial charge in [-0.15, -0.1) is 0 Å². The Balaban J connectivity index is 2.35. The summed E-state index contributed by atoms with van der Waals surface area (Å²) in [5.41, 5.74) is 7.15. The highest BCUT2D eigenvalue weighted by Crippen LogP contribution is 2.42. The monoisotopic (exact) mass is 269 g/mol. The molecule has 18 heavy (non-hydrogen) atoms. The molecule has 1 aliphatic carbocycles. The molecule has 1 aliphatic rings. The van der Waals surface area contributed by atoms with Crippen LogP contribution >= 0.6 is 11.6 Å². The van der Waals surface area contributed by atoms with Crippen LogP contribution in [0.4, 0.5) is 0 Å². The molecule has 2 rings (SSSR count). The van der Waals surface area contributed by atoms with Crippen LogP contribution in [0.15, 0.2) is 6.20 Å². The Bertz CT molecular complexity index is 400. The highest BCUT2D eigenvalue weighted by molar-refractivity contribution is 6.31. The second-order valence-electron chi connectivity index (χ2n) is 5.94. The SMILES string of the molecule is CC1CCC(CN)C(c2c(Cl)cnn2C(C)C)C1. The summed E-state index contributed by atoms with van der Waals surface area (Å²) in [4.78, 5) is 0. The summed E-state index contributed by atoms with van der Waals surface area (Å²) in [6.07, 6.45) is 5.46. The van der Waals surface area contributed by atoms with E-state index in [0.29, 0.717) is 17.9 Å². The van der Waals surface area contributed by atoms with Gasteiger partial charge in [-0.1, -0.05) is 24.9 Å². The van der Waals surface area contributed by atoms with E-state index in [1.165, 1.54) is 25.0 Å². The molecule has 102 valence electrons. The summed E-state index contributed by atoms with van der Waals surface area (Å²) in [6, 6.07) is 0.350. The third kappa shape index (κ3) is 2.57. The molecule has 0 saturated heterocycles. The van der Waals surface area contributed by atoms with Crippen LogP contribution in [0.5, 0.6) is 0 Å². The van der Waals surface area contributed by atoms with Gasteiger partial charge in [0, 0.05) is 12.0 Å². The first kappa shape index (κ1) is 13.9. The van der Waals surface area contributed by atoms with Gasteiger partial charge in [0.05, 0.1) is 16.9 Å². The maximum Gasteiger partial charge on any atom is 0.0820 e. The van der Waals surface area contributed by atoms with Gasteiger partial charge in [0.1, 0.15) is 0 Å². The first-order valence-corrected chi connectivity index (χ1v) is 7.35. The summed E-state index contributed by atoms with van der Waals surface area (Å²) in [6.45, 7) is 7.37. The molecule has 1 aromatic rings. The van der Waals surface area contributed by atoms with E-state index < -0.39 is 0 Å². The molecule has 0 amide bonds. The van der Waals surface area contributed by atoms with Gasteiger partial charge in [-0.25, -0.2) is 0 Å². The second-order valence-corrected chi connectivity index (χ2v) is 6.34. The predicted molar refractivity (Wildman–Crippen MR) is 75.9 cm³/mol. The lowest BCUT2D eigenvalue weighted by Crippen LogP contribution is -2.30. The third-order valence-electron chi connectivity index (χ3n) is 4.19. The molecular formula is C14H24ClN3. The Morgan fingerprint density at radius 2 is 2.22 bits per heavy atom. The standard InChI is InChI=1S/C14H24ClN3/c1-9(2)18-14(13(15)8-17-18)12-6-10(3)4-5-11(12)7-16/h8-12H,4-7,16H2,1-3H3. The fourth-order valence-corrected chi connectivity index (χ4v) is 3.44. The van der Waals surface area contributed by atoms with Gasteiger partial charge in [-0.3, -0.25) is 4.68 Å². The van der Waals surface area contributed by atoms with Crippen molar-refractivity contribution in [2.45, 2.75) is 52.0 Å². The average molecular weight is 270 g/mol. The lowest BCUT2D eigenvalue weighted by Gasteiger charge is -2.35. The van der Waals surface area contributed by atoms with Crippen molar-refractivity contribution in [2.75, 3.05) is 6.54 Å². The molecule has 3 unspecified atom stereocenters.